The second-order valence-corrected chi connectivity index (χ2v) is 8.16. The van der Waals surface area contributed by atoms with Crippen LogP contribution in [0.4, 0.5) is 0 Å². The Morgan fingerprint density at radius 1 is 1.25 bits per heavy atom. The summed E-state index contributed by atoms with van der Waals surface area (Å²) >= 11 is 1.65. The van der Waals surface area contributed by atoms with Crippen molar-refractivity contribution in [2.24, 2.45) is 5.41 Å². The molecule has 1 amide bonds. The molecule has 2 saturated heterocycles. The molecular formula is C18H22N4OS. The van der Waals surface area contributed by atoms with Crippen LogP contribution < -0.4 is 0 Å². The van der Waals surface area contributed by atoms with Crippen LogP contribution in [0.2, 0.25) is 0 Å². The maximum Gasteiger partial charge on any atom is 0.223 e. The van der Waals surface area contributed by atoms with E-state index in [0.29, 0.717) is 13.0 Å². The summed E-state index contributed by atoms with van der Waals surface area (Å²) in [5, 5.41) is 3.13. The first-order valence-corrected chi connectivity index (χ1v) is 9.30. The molecule has 6 heteroatoms. The summed E-state index contributed by atoms with van der Waals surface area (Å²) in [5.41, 5.74) is 2.45. The zero-order valence-electron chi connectivity index (χ0n) is 13.9. The van der Waals surface area contributed by atoms with Gasteiger partial charge in [0.25, 0.3) is 0 Å². The fourth-order valence-corrected chi connectivity index (χ4v) is 4.59. The number of hydrogen-bond donors (Lipinski definition) is 0. The molecule has 2 aromatic rings. The van der Waals surface area contributed by atoms with Crippen molar-refractivity contribution in [3.63, 3.8) is 0 Å². The molecule has 4 heterocycles. The lowest BCUT2D eigenvalue weighted by Crippen LogP contribution is -2.31. The first kappa shape index (κ1) is 15.7. The molecule has 0 N–H and O–H groups in total. The van der Waals surface area contributed by atoms with Gasteiger partial charge in [0.2, 0.25) is 5.91 Å². The van der Waals surface area contributed by atoms with E-state index in [1.165, 1.54) is 5.56 Å². The molecule has 2 fully saturated rings. The molecule has 2 aliphatic heterocycles. The lowest BCUT2D eigenvalue weighted by atomic mass is 9.86. The van der Waals surface area contributed by atoms with Crippen molar-refractivity contribution in [1.29, 1.82) is 0 Å². The van der Waals surface area contributed by atoms with Gasteiger partial charge in [0.15, 0.2) is 0 Å². The number of rotatable bonds is 4. The average molecular weight is 342 g/mol. The van der Waals surface area contributed by atoms with Gasteiger partial charge in [0.05, 0.1) is 17.2 Å². The number of amides is 1. The summed E-state index contributed by atoms with van der Waals surface area (Å²) in [7, 11) is 0. The topological polar surface area (TPSA) is 49.3 Å². The van der Waals surface area contributed by atoms with E-state index >= 15 is 0 Å². The van der Waals surface area contributed by atoms with Crippen molar-refractivity contribution >= 4 is 17.2 Å². The number of carbonyl (C=O) groups excluding carboxylic acids is 1. The van der Waals surface area contributed by atoms with Crippen LogP contribution >= 0.6 is 11.3 Å². The SMILES string of the molecule is Cc1nc(CN2C[C@@]3(CCN(Cc4ccncc4)C3)CC2=O)cs1. The van der Waals surface area contributed by atoms with E-state index in [2.05, 4.69) is 32.4 Å². The molecule has 4 rings (SSSR count). The molecule has 24 heavy (non-hydrogen) atoms. The minimum atomic E-state index is 0.134. The van der Waals surface area contributed by atoms with Crippen LogP contribution in [0.15, 0.2) is 29.9 Å². The number of likely N-dealkylation sites (tertiary alicyclic amines) is 2. The summed E-state index contributed by atoms with van der Waals surface area (Å²) in [5.74, 6) is 0.284. The third-order valence-corrected chi connectivity index (χ3v) is 5.92. The third kappa shape index (κ3) is 3.21. The quantitative estimate of drug-likeness (QED) is 0.856. The van der Waals surface area contributed by atoms with Crippen LogP contribution in [-0.4, -0.2) is 45.3 Å². The Labute approximate surface area is 146 Å². The van der Waals surface area contributed by atoms with Gasteiger partial charge in [0.1, 0.15) is 0 Å². The second kappa shape index (κ2) is 6.26. The first-order valence-electron chi connectivity index (χ1n) is 8.42. The summed E-state index contributed by atoms with van der Waals surface area (Å²) in [6, 6.07) is 4.14. The van der Waals surface area contributed by atoms with Crippen molar-refractivity contribution in [3.8, 4) is 0 Å². The lowest BCUT2D eigenvalue weighted by molar-refractivity contribution is -0.128. The van der Waals surface area contributed by atoms with Crippen LogP contribution in [-0.2, 0) is 17.9 Å². The number of pyridine rings is 1. The lowest BCUT2D eigenvalue weighted by Gasteiger charge is -2.24. The Balaban J connectivity index is 1.39. The van der Waals surface area contributed by atoms with Crippen molar-refractivity contribution in [1.82, 2.24) is 19.8 Å². The van der Waals surface area contributed by atoms with E-state index in [1.807, 2.05) is 24.2 Å². The smallest absolute Gasteiger partial charge is 0.223 e. The number of carbonyl (C=O) groups is 1. The molecule has 0 radical (unpaired) electrons. The van der Waals surface area contributed by atoms with E-state index in [1.54, 1.807) is 11.3 Å². The molecule has 1 spiro atoms. The van der Waals surface area contributed by atoms with Crippen molar-refractivity contribution < 1.29 is 4.79 Å². The van der Waals surface area contributed by atoms with Crippen molar-refractivity contribution in [3.05, 3.63) is 46.2 Å². The highest BCUT2D eigenvalue weighted by atomic mass is 32.1. The molecule has 1 atom stereocenters. The Morgan fingerprint density at radius 2 is 2.08 bits per heavy atom. The average Bonchev–Trinajstić information content (AvgIpc) is 3.22. The molecule has 0 unspecified atom stereocenters. The van der Waals surface area contributed by atoms with Gasteiger partial charge in [-0.15, -0.1) is 11.3 Å². The summed E-state index contributed by atoms with van der Waals surface area (Å²) in [6.45, 7) is 6.57. The zero-order chi connectivity index (χ0) is 16.6. The van der Waals surface area contributed by atoms with Gasteiger partial charge in [-0.3, -0.25) is 14.7 Å². The second-order valence-electron chi connectivity index (χ2n) is 7.10. The normalized spacial score (nSPS) is 24.4. The van der Waals surface area contributed by atoms with Gasteiger partial charge in [0, 0.05) is 49.2 Å². The number of hydrogen-bond acceptors (Lipinski definition) is 5. The highest BCUT2D eigenvalue weighted by Gasteiger charge is 2.47. The molecule has 2 aliphatic rings. The predicted octanol–water partition coefficient (Wildman–Crippen LogP) is 2.47. The highest BCUT2D eigenvalue weighted by molar-refractivity contribution is 7.09. The monoisotopic (exact) mass is 342 g/mol. The maximum atomic E-state index is 12.5. The number of thiazole rings is 1. The van der Waals surface area contributed by atoms with Gasteiger partial charge in [-0.05, 0) is 37.6 Å². The predicted molar refractivity (Wildman–Crippen MR) is 93.4 cm³/mol. The Morgan fingerprint density at radius 3 is 2.83 bits per heavy atom. The van der Waals surface area contributed by atoms with E-state index in [-0.39, 0.29) is 11.3 Å². The third-order valence-electron chi connectivity index (χ3n) is 5.10. The molecule has 0 saturated carbocycles. The van der Waals surface area contributed by atoms with Crippen molar-refractivity contribution in [2.45, 2.75) is 32.9 Å². The first-order chi connectivity index (χ1) is 11.6. The van der Waals surface area contributed by atoms with Crippen LogP contribution in [0.5, 0.6) is 0 Å². The largest absolute Gasteiger partial charge is 0.336 e. The molecule has 0 aliphatic carbocycles. The van der Waals surface area contributed by atoms with E-state index < -0.39 is 0 Å². The van der Waals surface area contributed by atoms with E-state index in [0.717, 1.165) is 43.3 Å². The number of aryl methyl sites for hydroxylation is 1. The van der Waals surface area contributed by atoms with Crippen LogP contribution in [0.25, 0.3) is 0 Å². The molecule has 0 aromatic carbocycles. The summed E-state index contributed by atoms with van der Waals surface area (Å²) < 4.78 is 0. The minimum Gasteiger partial charge on any atom is -0.336 e. The van der Waals surface area contributed by atoms with Crippen molar-refractivity contribution in [2.75, 3.05) is 19.6 Å². The van der Waals surface area contributed by atoms with Gasteiger partial charge in [-0.1, -0.05) is 0 Å². The number of aromatic nitrogens is 2. The molecular weight excluding hydrogens is 320 g/mol. The van der Waals surface area contributed by atoms with Gasteiger partial charge >= 0.3 is 0 Å². The van der Waals surface area contributed by atoms with Gasteiger partial charge in [-0.25, -0.2) is 4.98 Å². The fraction of sp³-hybridized carbons (Fsp3) is 0.500. The van der Waals surface area contributed by atoms with Crippen LogP contribution in [0, 0.1) is 12.3 Å². The van der Waals surface area contributed by atoms with Gasteiger partial charge in [-0.2, -0.15) is 0 Å². The summed E-state index contributed by atoms with van der Waals surface area (Å²) in [6.07, 6.45) is 5.48. The highest BCUT2D eigenvalue weighted by Crippen LogP contribution is 2.41. The van der Waals surface area contributed by atoms with E-state index in [4.69, 9.17) is 0 Å². The fourth-order valence-electron chi connectivity index (χ4n) is 3.98. The molecule has 126 valence electrons. The molecule has 0 bridgehead atoms. The number of nitrogens with zero attached hydrogens (tertiary/aromatic N) is 4. The zero-order valence-corrected chi connectivity index (χ0v) is 14.8. The Kier molecular flexibility index (Phi) is 4.10. The molecule has 2 aromatic heterocycles. The van der Waals surface area contributed by atoms with Crippen LogP contribution in [0.1, 0.15) is 29.1 Å². The summed E-state index contributed by atoms with van der Waals surface area (Å²) in [4.78, 5) is 25.5. The Hall–Kier alpha value is -1.79. The van der Waals surface area contributed by atoms with Crippen LogP contribution in [0.3, 0.4) is 0 Å². The van der Waals surface area contributed by atoms with E-state index in [9.17, 15) is 4.79 Å². The maximum absolute atomic E-state index is 12.5. The standard InChI is InChI=1S/C18H22N4OS/c1-14-20-16(11-24-14)10-22-13-18(8-17(22)23)4-7-21(12-18)9-15-2-5-19-6-3-15/h2-3,5-6,11H,4,7-10,12-13H2,1H3/t18-/m0/s1. The van der Waals surface area contributed by atoms with Gasteiger partial charge < -0.3 is 4.90 Å². The Bertz CT molecular complexity index is 732. The molecule has 5 nitrogen and oxygen atoms in total. The minimum absolute atomic E-state index is 0.134.